The summed E-state index contributed by atoms with van der Waals surface area (Å²) in [4.78, 5) is 10.4. The van der Waals surface area contributed by atoms with E-state index in [-0.39, 0.29) is 5.69 Å². The molecule has 0 fully saturated rings. The van der Waals surface area contributed by atoms with E-state index >= 15 is 0 Å². The molecule has 104 valence electrons. The van der Waals surface area contributed by atoms with Crippen LogP contribution in [0.3, 0.4) is 0 Å². The van der Waals surface area contributed by atoms with E-state index in [0.29, 0.717) is 11.5 Å². The Morgan fingerprint density at radius 3 is 2.45 bits per heavy atom. The quantitative estimate of drug-likeness (QED) is 0.669. The molecule has 2 aromatic rings. The summed E-state index contributed by atoms with van der Waals surface area (Å²) >= 11 is 0. The van der Waals surface area contributed by atoms with Crippen molar-refractivity contribution in [2.45, 2.75) is 13.5 Å². The number of nitrogens with one attached hydrogen (secondary N) is 1. The molecule has 5 heteroatoms. The van der Waals surface area contributed by atoms with Crippen LogP contribution in [0.1, 0.15) is 11.1 Å². The molecule has 0 atom stereocenters. The number of non-ortho nitro benzene ring substituents is 1. The Labute approximate surface area is 117 Å². The van der Waals surface area contributed by atoms with E-state index < -0.39 is 4.92 Å². The highest BCUT2D eigenvalue weighted by Gasteiger charge is 2.09. The standard InChI is InChI=1S/C15H16N2O3/c1-11-7-13(17(18)19)9-15(8-11)20-14-5-3-12(4-6-14)10-16-2/h3-9,16H,10H2,1-2H3. The first-order valence-electron chi connectivity index (χ1n) is 6.26. The van der Waals surface area contributed by atoms with E-state index in [4.69, 9.17) is 4.74 Å². The maximum atomic E-state index is 10.8. The van der Waals surface area contributed by atoms with Crippen LogP contribution in [-0.4, -0.2) is 12.0 Å². The number of hydrogen-bond donors (Lipinski definition) is 1. The number of nitro benzene ring substituents is 1. The third-order valence-electron chi connectivity index (χ3n) is 2.79. The molecule has 0 amide bonds. The predicted molar refractivity (Wildman–Crippen MR) is 77.1 cm³/mol. The fraction of sp³-hybridized carbons (Fsp3) is 0.200. The summed E-state index contributed by atoms with van der Waals surface area (Å²) in [6, 6.07) is 12.3. The molecule has 0 heterocycles. The Bertz CT molecular complexity index is 609. The molecule has 0 aliphatic rings. The second-order valence-electron chi connectivity index (χ2n) is 4.54. The minimum absolute atomic E-state index is 0.0341. The first kappa shape index (κ1) is 14.0. The fourth-order valence-electron chi connectivity index (χ4n) is 1.91. The summed E-state index contributed by atoms with van der Waals surface area (Å²) < 4.78 is 5.66. The van der Waals surface area contributed by atoms with Crippen LogP contribution >= 0.6 is 0 Å². The van der Waals surface area contributed by atoms with Crippen molar-refractivity contribution in [3.8, 4) is 11.5 Å². The molecule has 2 aromatic carbocycles. The van der Waals surface area contributed by atoms with Crippen molar-refractivity contribution < 1.29 is 9.66 Å². The predicted octanol–water partition coefficient (Wildman–Crippen LogP) is 3.41. The zero-order valence-corrected chi connectivity index (χ0v) is 11.4. The summed E-state index contributed by atoms with van der Waals surface area (Å²) in [7, 11) is 1.89. The average Bonchev–Trinajstić information content (AvgIpc) is 2.40. The summed E-state index contributed by atoms with van der Waals surface area (Å²) in [6.45, 7) is 2.59. The molecule has 5 nitrogen and oxygen atoms in total. The van der Waals surface area contributed by atoms with Gasteiger partial charge in [0, 0.05) is 12.6 Å². The topological polar surface area (TPSA) is 64.4 Å². The Kier molecular flexibility index (Phi) is 4.32. The van der Waals surface area contributed by atoms with E-state index in [1.165, 1.54) is 12.1 Å². The molecule has 0 saturated carbocycles. The van der Waals surface area contributed by atoms with Gasteiger partial charge in [0.15, 0.2) is 0 Å². The number of nitrogens with zero attached hydrogens (tertiary/aromatic N) is 1. The monoisotopic (exact) mass is 272 g/mol. The van der Waals surface area contributed by atoms with Gasteiger partial charge in [-0.15, -0.1) is 0 Å². The molecule has 0 saturated heterocycles. The number of rotatable bonds is 5. The molecular weight excluding hydrogens is 256 g/mol. The lowest BCUT2D eigenvalue weighted by molar-refractivity contribution is -0.385. The van der Waals surface area contributed by atoms with Crippen molar-refractivity contribution in [2.24, 2.45) is 0 Å². The van der Waals surface area contributed by atoms with Crippen molar-refractivity contribution in [3.63, 3.8) is 0 Å². The van der Waals surface area contributed by atoms with E-state index in [0.717, 1.165) is 17.7 Å². The van der Waals surface area contributed by atoms with Crippen LogP contribution in [0.5, 0.6) is 11.5 Å². The highest BCUT2D eigenvalue weighted by Crippen LogP contribution is 2.27. The number of nitro groups is 1. The molecular formula is C15H16N2O3. The van der Waals surface area contributed by atoms with Crippen LogP contribution in [0, 0.1) is 17.0 Å². The van der Waals surface area contributed by atoms with Gasteiger partial charge < -0.3 is 10.1 Å². The lowest BCUT2D eigenvalue weighted by atomic mass is 10.2. The van der Waals surface area contributed by atoms with E-state index in [1.54, 1.807) is 13.0 Å². The highest BCUT2D eigenvalue weighted by molar-refractivity contribution is 5.44. The molecule has 0 radical (unpaired) electrons. The molecule has 1 N–H and O–H groups in total. The number of ether oxygens (including phenoxy) is 1. The number of benzene rings is 2. The fourth-order valence-corrected chi connectivity index (χ4v) is 1.91. The normalized spacial score (nSPS) is 10.3. The highest BCUT2D eigenvalue weighted by atomic mass is 16.6. The Morgan fingerprint density at radius 1 is 1.15 bits per heavy atom. The first-order valence-corrected chi connectivity index (χ1v) is 6.26. The van der Waals surface area contributed by atoms with Crippen LogP contribution in [-0.2, 0) is 6.54 Å². The van der Waals surface area contributed by atoms with E-state index in [2.05, 4.69) is 5.32 Å². The third kappa shape index (κ3) is 3.55. The van der Waals surface area contributed by atoms with Gasteiger partial charge in [-0.25, -0.2) is 0 Å². The van der Waals surface area contributed by atoms with Crippen molar-refractivity contribution in [1.82, 2.24) is 5.32 Å². The Balaban J connectivity index is 2.19. The van der Waals surface area contributed by atoms with E-state index in [1.807, 2.05) is 31.3 Å². The largest absolute Gasteiger partial charge is 0.457 e. The van der Waals surface area contributed by atoms with Gasteiger partial charge in [-0.05, 0) is 43.3 Å². The van der Waals surface area contributed by atoms with Crippen molar-refractivity contribution in [3.05, 3.63) is 63.7 Å². The zero-order valence-electron chi connectivity index (χ0n) is 11.4. The van der Waals surface area contributed by atoms with Crippen LogP contribution in [0.15, 0.2) is 42.5 Å². The summed E-state index contributed by atoms with van der Waals surface area (Å²) in [6.07, 6.45) is 0. The molecule has 0 unspecified atom stereocenters. The lowest BCUT2D eigenvalue weighted by Crippen LogP contribution is -2.04. The third-order valence-corrected chi connectivity index (χ3v) is 2.79. The van der Waals surface area contributed by atoms with Crippen LogP contribution in [0.2, 0.25) is 0 Å². The number of hydrogen-bond acceptors (Lipinski definition) is 4. The summed E-state index contributed by atoms with van der Waals surface area (Å²) in [5.74, 6) is 1.13. The maximum absolute atomic E-state index is 10.8. The second kappa shape index (κ2) is 6.16. The number of aryl methyl sites for hydroxylation is 1. The molecule has 2 rings (SSSR count). The zero-order chi connectivity index (χ0) is 14.5. The average molecular weight is 272 g/mol. The summed E-state index contributed by atoms with van der Waals surface area (Å²) in [5.41, 5.74) is 1.97. The van der Waals surface area contributed by atoms with Crippen LogP contribution < -0.4 is 10.1 Å². The summed E-state index contributed by atoms with van der Waals surface area (Å²) in [5, 5.41) is 13.9. The SMILES string of the molecule is CNCc1ccc(Oc2cc(C)cc([N+](=O)[O-])c2)cc1. The van der Waals surface area contributed by atoms with Gasteiger partial charge in [-0.2, -0.15) is 0 Å². The van der Waals surface area contributed by atoms with Crippen LogP contribution in [0.4, 0.5) is 5.69 Å². The van der Waals surface area contributed by atoms with Gasteiger partial charge in [-0.3, -0.25) is 10.1 Å². The molecule has 0 aliphatic heterocycles. The molecule has 0 aliphatic carbocycles. The first-order chi connectivity index (χ1) is 9.58. The van der Waals surface area contributed by atoms with Crippen LogP contribution in [0.25, 0.3) is 0 Å². The smallest absolute Gasteiger partial charge is 0.273 e. The van der Waals surface area contributed by atoms with E-state index in [9.17, 15) is 10.1 Å². The second-order valence-corrected chi connectivity index (χ2v) is 4.54. The molecule has 0 aromatic heterocycles. The molecule has 20 heavy (non-hydrogen) atoms. The van der Waals surface area contributed by atoms with Gasteiger partial charge in [0.25, 0.3) is 5.69 Å². The Hall–Kier alpha value is -2.40. The van der Waals surface area contributed by atoms with Crippen molar-refractivity contribution >= 4 is 5.69 Å². The van der Waals surface area contributed by atoms with Gasteiger partial charge in [0.1, 0.15) is 11.5 Å². The van der Waals surface area contributed by atoms with Crippen molar-refractivity contribution in [1.29, 1.82) is 0 Å². The minimum atomic E-state index is -0.421. The molecule has 0 bridgehead atoms. The Morgan fingerprint density at radius 2 is 1.85 bits per heavy atom. The van der Waals surface area contributed by atoms with Gasteiger partial charge in [0.05, 0.1) is 11.0 Å². The lowest BCUT2D eigenvalue weighted by Gasteiger charge is -2.07. The van der Waals surface area contributed by atoms with Gasteiger partial charge >= 0.3 is 0 Å². The van der Waals surface area contributed by atoms with Gasteiger partial charge in [0.2, 0.25) is 0 Å². The minimum Gasteiger partial charge on any atom is -0.457 e. The maximum Gasteiger partial charge on any atom is 0.273 e. The van der Waals surface area contributed by atoms with Gasteiger partial charge in [-0.1, -0.05) is 12.1 Å². The van der Waals surface area contributed by atoms with Crippen molar-refractivity contribution in [2.75, 3.05) is 7.05 Å². The molecule has 0 spiro atoms.